The smallest absolute Gasteiger partial charge is 0.230 e. The zero-order valence-electron chi connectivity index (χ0n) is 11.6. The Balaban J connectivity index is 3.96. The molecule has 0 fully saturated rings. The predicted octanol–water partition coefficient (Wildman–Crippen LogP) is 2.43. The molecule has 0 heterocycles. The van der Waals surface area contributed by atoms with E-state index in [1.54, 1.807) is 11.8 Å². The first kappa shape index (κ1) is 16.8. The van der Waals surface area contributed by atoms with Gasteiger partial charge in [0.15, 0.2) is 0 Å². The Morgan fingerprint density at radius 2 is 2.06 bits per heavy atom. The first-order chi connectivity index (χ1) is 7.91. The number of nitrogens with one attached hydrogen (secondary N) is 1. The third-order valence-corrected chi connectivity index (χ3v) is 3.72. The average molecular weight is 261 g/mol. The number of aliphatic hydroxyl groups excluding tert-OH is 1. The van der Waals surface area contributed by atoms with Crippen molar-refractivity contribution < 1.29 is 9.90 Å². The summed E-state index contributed by atoms with van der Waals surface area (Å²) in [6, 6.07) is 0.0479. The van der Waals surface area contributed by atoms with E-state index in [1.807, 2.05) is 0 Å². The largest absolute Gasteiger partial charge is 0.396 e. The number of amides is 1. The molecule has 0 aromatic carbocycles. The van der Waals surface area contributed by atoms with Crippen molar-refractivity contribution in [3.63, 3.8) is 0 Å². The Kier molecular flexibility index (Phi) is 8.70. The molecule has 0 bridgehead atoms. The molecule has 0 aliphatic carbocycles. The maximum atomic E-state index is 11.7. The summed E-state index contributed by atoms with van der Waals surface area (Å²) in [5.41, 5.74) is -0.00747. The van der Waals surface area contributed by atoms with Crippen molar-refractivity contribution in [2.24, 2.45) is 5.41 Å². The lowest BCUT2D eigenvalue weighted by Gasteiger charge is -2.31. The quantitative estimate of drug-likeness (QED) is 0.660. The Hall–Kier alpha value is -0.220. The number of hydrogen-bond donors (Lipinski definition) is 2. The maximum Gasteiger partial charge on any atom is 0.230 e. The van der Waals surface area contributed by atoms with Gasteiger partial charge in [-0.2, -0.15) is 11.8 Å². The molecule has 0 saturated heterocycles. The van der Waals surface area contributed by atoms with Gasteiger partial charge < -0.3 is 10.4 Å². The van der Waals surface area contributed by atoms with E-state index in [1.165, 1.54) is 6.42 Å². The molecule has 2 N–H and O–H groups in total. The minimum absolute atomic E-state index is 0.00747. The van der Waals surface area contributed by atoms with E-state index >= 15 is 0 Å². The number of thioether (sulfide) groups is 1. The van der Waals surface area contributed by atoms with Gasteiger partial charge >= 0.3 is 0 Å². The summed E-state index contributed by atoms with van der Waals surface area (Å²) in [6.07, 6.45) is 2.95. The van der Waals surface area contributed by atoms with E-state index in [9.17, 15) is 4.79 Å². The molecule has 3 nitrogen and oxygen atoms in total. The Morgan fingerprint density at radius 3 is 2.53 bits per heavy atom. The minimum Gasteiger partial charge on any atom is -0.396 e. The second kappa shape index (κ2) is 8.81. The number of carbonyl (C=O) groups is 1. The molecule has 0 aromatic rings. The van der Waals surface area contributed by atoms with Gasteiger partial charge in [-0.05, 0) is 24.0 Å². The topological polar surface area (TPSA) is 49.3 Å². The number of hydrogen-bond acceptors (Lipinski definition) is 3. The van der Waals surface area contributed by atoms with Crippen LogP contribution in [0.4, 0.5) is 0 Å². The van der Waals surface area contributed by atoms with Crippen molar-refractivity contribution >= 4 is 17.7 Å². The lowest BCUT2D eigenvalue weighted by molar-refractivity contribution is -0.120. The maximum absolute atomic E-state index is 11.7. The van der Waals surface area contributed by atoms with Crippen LogP contribution in [-0.4, -0.2) is 35.2 Å². The van der Waals surface area contributed by atoms with Gasteiger partial charge in [0, 0.05) is 12.6 Å². The molecule has 102 valence electrons. The lowest BCUT2D eigenvalue weighted by Crippen LogP contribution is -2.45. The second-order valence-corrected chi connectivity index (χ2v) is 6.51. The van der Waals surface area contributed by atoms with Crippen LogP contribution in [0.15, 0.2) is 0 Å². The van der Waals surface area contributed by atoms with Crippen LogP contribution in [-0.2, 0) is 4.79 Å². The van der Waals surface area contributed by atoms with Crippen molar-refractivity contribution in [2.45, 2.75) is 53.0 Å². The highest BCUT2D eigenvalue weighted by atomic mass is 32.2. The molecule has 4 heteroatoms. The molecule has 1 unspecified atom stereocenters. The number of unbranched alkanes of at least 4 members (excludes halogenated alkanes) is 1. The highest BCUT2D eigenvalue weighted by Gasteiger charge is 2.25. The van der Waals surface area contributed by atoms with Gasteiger partial charge in [-0.1, -0.05) is 34.1 Å². The fourth-order valence-corrected chi connectivity index (χ4v) is 2.40. The van der Waals surface area contributed by atoms with Gasteiger partial charge in [0.25, 0.3) is 0 Å². The van der Waals surface area contributed by atoms with E-state index in [-0.39, 0.29) is 24.0 Å². The Bertz CT molecular complexity index is 214. The van der Waals surface area contributed by atoms with Crippen LogP contribution in [0, 0.1) is 5.41 Å². The van der Waals surface area contributed by atoms with E-state index in [2.05, 4.69) is 33.0 Å². The first-order valence-corrected chi connectivity index (χ1v) is 7.55. The van der Waals surface area contributed by atoms with Gasteiger partial charge in [-0.25, -0.2) is 0 Å². The van der Waals surface area contributed by atoms with Crippen LogP contribution in [0.25, 0.3) is 0 Å². The summed E-state index contributed by atoms with van der Waals surface area (Å²) >= 11 is 1.68. The van der Waals surface area contributed by atoms with Gasteiger partial charge in [-0.15, -0.1) is 0 Å². The van der Waals surface area contributed by atoms with Crippen LogP contribution in [0.2, 0.25) is 0 Å². The SMILES string of the molecule is CCCCSCC(=O)NC(CCO)C(C)(C)C. The highest BCUT2D eigenvalue weighted by molar-refractivity contribution is 7.99. The summed E-state index contributed by atoms with van der Waals surface area (Å²) in [6.45, 7) is 8.51. The third kappa shape index (κ3) is 8.50. The first-order valence-electron chi connectivity index (χ1n) is 6.39. The van der Waals surface area contributed by atoms with Crippen molar-refractivity contribution in [1.82, 2.24) is 5.32 Å². The second-order valence-electron chi connectivity index (χ2n) is 5.40. The number of aliphatic hydroxyl groups is 1. The minimum atomic E-state index is -0.00747. The predicted molar refractivity (Wildman–Crippen MR) is 75.3 cm³/mol. The summed E-state index contributed by atoms with van der Waals surface area (Å²) in [5, 5.41) is 12.0. The highest BCUT2D eigenvalue weighted by Crippen LogP contribution is 2.21. The normalized spacial score (nSPS) is 13.5. The number of carbonyl (C=O) groups excluding carboxylic acids is 1. The van der Waals surface area contributed by atoms with Crippen LogP contribution < -0.4 is 5.32 Å². The van der Waals surface area contributed by atoms with E-state index in [0.717, 1.165) is 12.2 Å². The molecule has 1 atom stereocenters. The summed E-state index contributed by atoms with van der Waals surface area (Å²) in [5.74, 6) is 1.65. The summed E-state index contributed by atoms with van der Waals surface area (Å²) in [7, 11) is 0. The van der Waals surface area contributed by atoms with Crippen LogP contribution in [0.5, 0.6) is 0 Å². The van der Waals surface area contributed by atoms with Crippen LogP contribution in [0.1, 0.15) is 47.0 Å². The molecule has 0 radical (unpaired) electrons. The molecule has 17 heavy (non-hydrogen) atoms. The molecular weight excluding hydrogens is 234 g/mol. The Morgan fingerprint density at radius 1 is 1.41 bits per heavy atom. The Labute approximate surface area is 110 Å². The molecular formula is C13H27NO2S. The van der Waals surface area contributed by atoms with E-state index in [4.69, 9.17) is 5.11 Å². The molecule has 0 aliphatic heterocycles. The van der Waals surface area contributed by atoms with Crippen molar-refractivity contribution in [3.05, 3.63) is 0 Å². The lowest BCUT2D eigenvalue weighted by atomic mass is 9.85. The molecule has 0 aromatic heterocycles. The molecule has 0 aliphatic rings. The van der Waals surface area contributed by atoms with Crippen molar-refractivity contribution in [2.75, 3.05) is 18.1 Å². The fourth-order valence-electron chi connectivity index (χ4n) is 1.50. The average Bonchev–Trinajstić information content (AvgIpc) is 2.22. The van der Waals surface area contributed by atoms with Gasteiger partial charge in [-0.3, -0.25) is 4.79 Å². The van der Waals surface area contributed by atoms with E-state index in [0.29, 0.717) is 12.2 Å². The summed E-state index contributed by atoms with van der Waals surface area (Å²) in [4.78, 5) is 11.7. The van der Waals surface area contributed by atoms with Gasteiger partial charge in [0.05, 0.1) is 5.75 Å². The monoisotopic (exact) mass is 261 g/mol. The van der Waals surface area contributed by atoms with Gasteiger partial charge in [0.1, 0.15) is 0 Å². The van der Waals surface area contributed by atoms with Crippen LogP contribution in [0.3, 0.4) is 0 Å². The van der Waals surface area contributed by atoms with Gasteiger partial charge in [0.2, 0.25) is 5.91 Å². The van der Waals surface area contributed by atoms with Crippen LogP contribution >= 0.6 is 11.8 Å². The molecule has 0 rings (SSSR count). The standard InChI is InChI=1S/C13H27NO2S/c1-5-6-9-17-10-12(16)14-11(7-8-15)13(2,3)4/h11,15H,5-10H2,1-4H3,(H,14,16). The zero-order chi connectivity index (χ0) is 13.3. The van der Waals surface area contributed by atoms with Crippen molar-refractivity contribution in [3.8, 4) is 0 Å². The summed E-state index contributed by atoms with van der Waals surface area (Å²) < 4.78 is 0. The van der Waals surface area contributed by atoms with Crippen molar-refractivity contribution in [1.29, 1.82) is 0 Å². The zero-order valence-corrected chi connectivity index (χ0v) is 12.4. The third-order valence-electron chi connectivity index (χ3n) is 2.67. The number of rotatable bonds is 8. The molecule has 0 saturated carbocycles. The molecule has 1 amide bonds. The van der Waals surface area contributed by atoms with E-state index < -0.39 is 0 Å². The fraction of sp³-hybridized carbons (Fsp3) is 0.923. The molecule has 0 spiro atoms.